The summed E-state index contributed by atoms with van der Waals surface area (Å²) in [6.45, 7) is 2.45. The zero-order valence-corrected chi connectivity index (χ0v) is 14.0. The van der Waals surface area contributed by atoms with E-state index in [0.29, 0.717) is 12.1 Å². The molecule has 2 aromatic heterocycles. The van der Waals surface area contributed by atoms with Crippen LogP contribution in [0.15, 0.2) is 48.8 Å². The van der Waals surface area contributed by atoms with Crippen LogP contribution in [0, 0.1) is 6.92 Å². The number of aromatic amines is 1. The smallest absolute Gasteiger partial charge is 0.295 e. The van der Waals surface area contributed by atoms with E-state index in [4.69, 9.17) is 0 Å². The summed E-state index contributed by atoms with van der Waals surface area (Å²) in [4.78, 5) is 34.9. The van der Waals surface area contributed by atoms with E-state index in [1.165, 1.54) is 0 Å². The van der Waals surface area contributed by atoms with Crippen molar-refractivity contribution in [1.29, 1.82) is 0 Å². The number of nitrogens with one attached hydrogen (secondary N) is 1. The maximum atomic E-state index is 13.0. The number of likely N-dealkylation sites (tertiary alicyclic amines) is 1. The van der Waals surface area contributed by atoms with E-state index in [1.807, 2.05) is 43.3 Å². The SMILES string of the molecule is Cc1[nH]c2ccccc2c1C(=O)C(=O)N1CCC[C@H]1c1ccncc1. The Kier molecular flexibility index (Phi) is 3.84. The van der Waals surface area contributed by atoms with Gasteiger partial charge >= 0.3 is 0 Å². The molecule has 3 aromatic rings. The van der Waals surface area contributed by atoms with E-state index in [1.54, 1.807) is 17.3 Å². The molecule has 0 unspecified atom stereocenters. The third-order valence-electron chi connectivity index (χ3n) is 4.92. The molecule has 1 aromatic carbocycles. The standard InChI is InChI=1S/C20H19N3O2/c1-13-18(15-5-2-3-6-16(15)22-13)19(24)20(25)23-12-4-7-17(23)14-8-10-21-11-9-14/h2-3,5-6,8-11,17,22H,4,7,12H2,1H3/t17-/m0/s1. The second-order valence-electron chi connectivity index (χ2n) is 6.44. The van der Waals surface area contributed by atoms with Crippen LogP contribution in [0.25, 0.3) is 10.9 Å². The fourth-order valence-electron chi connectivity index (χ4n) is 3.75. The van der Waals surface area contributed by atoms with E-state index in [0.717, 1.165) is 35.0 Å². The molecule has 1 amide bonds. The van der Waals surface area contributed by atoms with Crippen molar-refractivity contribution in [3.63, 3.8) is 0 Å². The molecule has 5 nitrogen and oxygen atoms in total. The van der Waals surface area contributed by atoms with Gasteiger partial charge in [0.25, 0.3) is 11.7 Å². The van der Waals surface area contributed by atoms with Crippen LogP contribution in [0.3, 0.4) is 0 Å². The highest BCUT2D eigenvalue weighted by atomic mass is 16.2. The number of pyridine rings is 1. The molecule has 1 saturated heterocycles. The molecule has 3 heterocycles. The minimum absolute atomic E-state index is 0.0510. The zero-order valence-electron chi connectivity index (χ0n) is 14.0. The van der Waals surface area contributed by atoms with Crippen LogP contribution in [0.1, 0.15) is 40.5 Å². The Morgan fingerprint density at radius 2 is 1.92 bits per heavy atom. The Bertz CT molecular complexity index is 946. The Hall–Kier alpha value is -2.95. The maximum Gasteiger partial charge on any atom is 0.295 e. The topological polar surface area (TPSA) is 66.1 Å². The first-order valence-corrected chi connectivity index (χ1v) is 8.49. The first-order chi connectivity index (χ1) is 12.2. The van der Waals surface area contributed by atoms with Crippen molar-refractivity contribution in [3.8, 4) is 0 Å². The molecule has 4 rings (SSSR count). The molecule has 0 aliphatic carbocycles. The fourth-order valence-corrected chi connectivity index (χ4v) is 3.75. The molecule has 5 heteroatoms. The van der Waals surface area contributed by atoms with Crippen molar-refractivity contribution < 1.29 is 9.59 Å². The van der Waals surface area contributed by atoms with Crippen molar-refractivity contribution in [2.24, 2.45) is 0 Å². The number of amides is 1. The molecule has 1 aliphatic heterocycles. The molecule has 1 fully saturated rings. The number of nitrogens with zero attached hydrogens (tertiary/aromatic N) is 2. The summed E-state index contributed by atoms with van der Waals surface area (Å²) < 4.78 is 0. The van der Waals surface area contributed by atoms with Gasteiger partial charge in [-0.3, -0.25) is 14.6 Å². The Labute approximate surface area is 145 Å². The van der Waals surface area contributed by atoms with E-state index in [-0.39, 0.29) is 6.04 Å². The predicted molar refractivity (Wildman–Crippen MR) is 95.3 cm³/mol. The number of H-pyrrole nitrogens is 1. The van der Waals surface area contributed by atoms with Crippen LogP contribution >= 0.6 is 0 Å². The van der Waals surface area contributed by atoms with Gasteiger partial charge in [-0.15, -0.1) is 0 Å². The van der Waals surface area contributed by atoms with E-state index >= 15 is 0 Å². The molecule has 1 atom stereocenters. The Morgan fingerprint density at radius 3 is 2.72 bits per heavy atom. The number of Topliss-reactive ketones (excluding diaryl/α,β-unsaturated/α-hetero) is 1. The number of benzene rings is 1. The summed E-state index contributed by atoms with van der Waals surface area (Å²) in [5, 5.41) is 0.804. The summed E-state index contributed by atoms with van der Waals surface area (Å²) >= 11 is 0. The number of aromatic nitrogens is 2. The monoisotopic (exact) mass is 333 g/mol. The van der Waals surface area contributed by atoms with Crippen LogP contribution in [0.4, 0.5) is 0 Å². The van der Waals surface area contributed by atoms with Gasteiger partial charge in [0.2, 0.25) is 0 Å². The van der Waals surface area contributed by atoms with Crippen molar-refractivity contribution in [2.45, 2.75) is 25.8 Å². The first kappa shape index (κ1) is 15.6. The molecule has 0 spiro atoms. The number of hydrogen-bond donors (Lipinski definition) is 1. The lowest BCUT2D eigenvalue weighted by Gasteiger charge is -2.24. The molecular formula is C20H19N3O2. The number of ketones is 1. The van der Waals surface area contributed by atoms with Gasteiger partial charge in [-0.1, -0.05) is 18.2 Å². The average Bonchev–Trinajstić information content (AvgIpc) is 3.25. The van der Waals surface area contributed by atoms with Crippen molar-refractivity contribution in [1.82, 2.24) is 14.9 Å². The normalized spacial score (nSPS) is 17.2. The minimum Gasteiger partial charge on any atom is -0.358 e. The molecule has 1 aliphatic rings. The number of aryl methyl sites for hydroxylation is 1. The summed E-state index contributed by atoms with van der Waals surface area (Å²) in [6.07, 6.45) is 5.22. The lowest BCUT2D eigenvalue weighted by atomic mass is 10.0. The number of carbonyl (C=O) groups is 2. The fraction of sp³-hybridized carbons (Fsp3) is 0.250. The van der Waals surface area contributed by atoms with E-state index in [2.05, 4.69) is 9.97 Å². The van der Waals surface area contributed by atoms with Gasteiger partial charge in [0.15, 0.2) is 0 Å². The zero-order chi connectivity index (χ0) is 17.4. The largest absolute Gasteiger partial charge is 0.358 e. The maximum absolute atomic E-state index is 13.0. The van der Waals surface area contributed by atoms with Gasteiger partial charge in [-0.2, -0.15) is 0 Å². The molecule has 0 radical (unpaired) electrons. The highest BCUT2D eigenvalue weighted by Crippen LogP contribution is 2.33. The lowest BCUT2D eigenvalue weighted by molar-refractivity contribution is -0.127. The van der Waals surface area contributed by atoms with Gasteiger partial charge in [0.05, 0.1) is 11.6 Å². The van der Waals surface area contributed by atoms with Crippen LogP contribution < -0.4 is 0 Å². The van der Waals surface area contributed by atoms with Crippen molar-refractivity contribution >= 4 is 22.6 Å². The molecule has 126 valence electrons. The number of fused-ring (bicyclic) bond motifs is 1. The predicted octanol–water partition coefficient (Wildman–Crippen LogP) is 3.42. The third kappa shape index (κ3) is 2.61. The van der Waals surface area contributed by atoms with Gasteiger partial charge in [-0.25, -0.2) is 0 Å². The molecule has 0 saturated carbocycles. The highest BCUT2D eigenvalue weighted by Gasteiger charge is 2.35. The third-order valence-corrected chi connectivity index (χ3v) is 4.92. The second-order valence-corrected chi connectivity index (χ2v) is 6.44. The lowest BCUT2D eigenvalue weighted by Crippen LogP contribution is -2.36. The molecule has 0 bridgehead atoms. The second kappa shape index (κ2) is 6.16. The van der Waals surface area contributed by atoms with Crippen LogP contribution in [0.5, 0.6) is 0 Å². The van der Waals surface area contributed by atoms with Gasteiger partial charge < -0.3 is 9.88 Å². The average molecular weight is 333 g/mol. The number of para-hydroxylation sites is 1. The summed E-state index contributed by atoms with van der Waals surface area (Å²) in [5.74, 6) is -0.858. The Balaban J connectivity index is 1.68. The van der Waals surface area contributed by atoms with Crippen LogP contribution in [0.2, 0.25) is 0 Å². The minimum atomic E-state index is -0.434. The summed E-state index contributed by atoms with van der Waals surface area (Å²) in [7, 11) is 0. The summed E-state index contributed by atoms with van der Waals surface area (Å²) in [5.41, 5.74) is 3.13. The van der Waals surface area contributed by atoms with E-state index < -0.39 is 11.7 Å². The van der Waals surface area contributed by atoms with Crippen LogP contribution in [-0.4, -0.2) is 33.1 Å². The van der Waals surface area contributed by atoms with Gasteiger partial charge in [0.1, 0.15) is 0 Å². The Morgan fingerprint density at radius 1 is 1.16 bits per heavy atom. The van der Waals surface area contributed by atoms with Crippen molar-refractivity contribution in [2.75, 3.05) is 6.54 Å². The number of hydrogen-bond acceptors (Lipinski definition) is 3. The van der Waals surface area contributed by atoms with Crippen LogP contribution in [-0.2, 0) is 4.79 Å². The number of carbonyl (C=O) groups excluding carboxylic acids is 2. The van der Waals surface area contributed by atoms with E-state index in [9.17, 15) is 9.59 Å². The van der Waals surface area contributed by atoms with Crippen molar-refractivity contribution in [3.05, 3.63) is 65.6 Å². The summed E-state index contributed by atoms with van der Waals surface area (Å²) in [6, 6.07) is 11.4. The van der Waals surface area contributed by atoms with Gasteiger partial charge in [-0.05, 0) is 43.5 Å². The molecule has 25 heavy (non-hydrogen) atoms. The first-order valence-electron chi connectivity index (χ1n) is 8.49. The highest BCUT2D eigenvalue weighted by molar-refractivity contribution is 6.45. The quantitative estimate of drug-likeness (QED) is 0.590. The molecular weight excluding hydrogens is 314 g/mol. The number of rotatable bonds is 3. The van der Waals surface area contributed by atoms with Gasteiger partial charge in [0, 0.05) is 35.5 Å². The molecule has 1 N–H and O–H groups in total.